The summed E-state index contributed by atoms with van der Waals surface area (Å²) in [6, 6.07) is 0.0766. The van der Waals surface area contributed by atoms with Crippen LogP contribution < -0.4 is 10.6 Å². The van der Waals surface area contributed by atoms with Crippen LogP contribution in [0.15, 0.2) is 11.6 Å². The monoisotopic (exact) mass is 253 g/mol. The molecule has 0 spiro atoms. The molecule has 1 aromatic rings. The average Bonchev–Trinajstić information content (AvgIpc) is 2.67. The van der Waals surface area contributed by atoms with Gasteiger partial charge in [-0.15, -0.1) is 11.3 Å². The fourth-order valence-corrected chi connectivity index (χ4v) is 1.81. The zero-order valence-electron chi connectivity index (χ0n) is 8.84. The number of aromatic nitrogens is 1. The quantitative estimate of drug-likeness (QED) is 0.761. The first kappa shape index (κ1) is 13.4. The maximum absolute atomic E-state index is 11.8. The van der Waals surface area contributed by atoms with Gasteiger partial charge in [0.15, 0.2) is 0 Å². The summed E-state index contributed by atoms with van der Waals surface area (Å²) >= 11 is 1.53. The molecule has 0 aliphatic heterocycles. The summed E-state index contributed by atoms with van der Waals surface area (Å²) in [5.41, 5.74) is 0. The molecule has 1 unspecified atom stereocenters. The highest BCUT2D eigenvalue weighted by Crippen LogP contribution is 2.14. The van der Waals surface area contributed by atoms with Crippen LogP contribution in [0.5, 0.6) is 0 Å². The van der Waals surface area contributed by atoms with Crippen molar-refractivity contribution < 1.29 is 13.2 Å². The Labute approximate surface area is 96.1 Å². The molecule has 1 rings (SSSR count). The maximum Gasteiger partial charge on any atom is 0.401 e. The van der Waals surface area contributed by atoms with Gasteiger partial charge >= 0.3 is 6.18 Å². The number of hydrogen-bond donors (Lipinski definition) is 2. The second-order valence-corrected chi connectivity index (χ2v) is 4.26. The van der Waals surface area contributed by atoms with Gasteiger partial charge in [0.25, 0.3) is 0 Å². The van der Waals surface area contributed by atoms with Gasteiger partial charge in [-0.2, -0.15) is 13.2 Å². The molecule has 0 radical (unpaired) electrons. The fourth-order valence-electron chi connectivity index (χ4n) is 1.14. The van der Waals surface area contributed by atoms with Gasteiger partial charge in [-0.1, -0.05) is 0 Å². The SMILES string of the molecule is CC(NCCNCC(F)(F)F)c1nccs1. The van der Waals surface area contributed by atoms with Crippen LogP contribution in [0.25, 0.3) is 0 Å². The van der Waals surface area contributed by atoms with E-state index in [0.29, 0.717) is 6.54 Å². The summed E-state index contributed by atoms with van der Waals surface area (Å²) in [5, 5.41) is 8.22. The molecule has 92 valence electrons. The summed E-state index contributed by atoms with van der Waals surface area (Å²) in [6.07, 6.45) is -2.43. The topological polar surface area (TPSA) is 37.0 Å². The third kappa shape index (κ3) is 5.43. The van der Waals surface area contributed by atoms with Crippen molar-refractivity contribution in [2.24, 2.45) is 0 Å². The van der Waals surface area contributed by atoms with Gasteiger partial charge in [-0.25, -0.2) is 4.98 Å². The van der Waals surface area contributed by atoms with E-state index in [1.165, 1.54) is 11.3 Å². The Morgan fingerprint density at radius 3 is 2.75 bits per heavy atom. The number of nitrogens with zero attached hydrogens (tertiary/aromatic N) is 1. The van der Waals surface area contributed by atoms with Gasteiger partial charge in [0.05, 0.1) is 12.6 Å². The van der Waals surface area contributed by atoms with Crippen LogP contribution in [0.4, 0.5) is 13.2 Å². The lowest BCUT2D eigenvalue weighted by atomic mass is 10.3. The Balaban J connectivity index is 2.08. The van der Waals surface area contributed by atoms with E-state index in [-0.39, 0.29) is 12.6 Å². The van der Waals surface area contributed by atoms with Crippen LogP contribution in [0.3, 0.4) is 0 Å². The van der Waals surface area contributed by atoms with E-state index in [4.69, 9.17) is 0 Å². The molecular formula is C9H14F3N3S. The largest absolute Gasteiger partial charge is 0.401 e. The highest BCUT2D eigenvalue weighted by molar-refractivity contribution is 7.09. The summed E-state index contributed by atoms with van der Waals surface area (Å²) in [7, 11) is 0. The van der Waals surface area contributed by atoms with Crippen molar-refractivity contribution in [1.29, 1.82) is 0 Å². The summed E-state index contributed by atoms with van der Waals surface area (Å²) < 4.78 is 35.3. The number of halogens is 3. The number of alkyl halides is 3. The van der Waals surface area contributed by atoms with Crippen LogP contribution in [0, 0.1) is 0 Å². The van der Waals surface area contributed by atoms with Crippen LogP contribution in [-0.2, 0) is 0 Å². The second-order valence-electron chi connectivity index (χ2n) is 3.34. The molecule has 0 saturated carbocycles. The van der Waals surface area contributed by atoms with E-state index < -0.39 is 12.7 Å². The Morgan fingerprint density at radius 1 is 1.44 bits per heavy atom. The highest BCUT2D eigenvalue weighted by atomic mass is 32.1. The van der Waals surface area contributed by atoms with Crippen molar-refractivity contribution in [3.63, 3.8) is 0 Å². The molecule has 0 aromatic carbocycles. The Morgan fingerprint density at radius 2 is 2.19 bits per heavy atom. The second kappa shape index (κ2) is 6.17. The number of nitrogens with one attached hydrogen (secondary N) is 2. The Hall–Kier alpha value is -0.660. The van der Waals surface area contributed by atoms with Crippen molar-refractivity contribution in [2.45, 2.75) is 19.1 Å². The molecule has 3 nitrogen and oxygen atoms in total. The molecule has 0 aliphatic rings. The summed E-state index contributed by atoms with van der Waals surface area (Å²) in [5.74, 6) is 0. The van der Waals surface area contributed by atoms with Crippen molar-refractivity contribution in [1.82, 2.24) is 15.6 Å². The van der Waals surface area contributed by atoms with E-state index in [1.54, 1.807) is 6.20 Å². The van der Waals surface area contributed by atoms with Crippen molar-refractivity contribution in [3.05, 3.63) is 16.6 Å². The molecule has 2 N–H and O–H groups in total. The minimum Gasteiger partial charge on any atom is -0.307 e. The molecule has 0 fully saturated rings. The lowest BCUT2D eigenvalue weighted by Crippen LogP contribution is -2.34. The zero-order chi connectivity index (χ0) is 12.0. The van der Waals surface area contributed by atoms with Crippen LogP contribution in [0.1, 0.15) is 18.0 Å². The Bertz CT molecular complexity index is 287. The lowest BCUT2D eigenvalue weighted by Gasteiger charge is -2.12. The molecule has 16 heavy (non-hydrogen) atoms. The van der Waals surface area contributed by atoms with Crippen LogP contribution in [0.2, 0.25) is 0 Å². The first-order valence-corrected chi connectivity index (χ1v) is 5.77. The third-order valence-corrected chi connectivity index (χ3v) is 2.86. The molecule has 0 amide bonds. The van der Waals surface area contributed by atoms with Gasteiger partial charge in [0.2, 0.25) is 0 Å². The van der Waals surface area contributed by atoms with Crippen LogP contribution in [-0.4, -0.2) is 30.8 Å². The first-order valence-electron chi connectivity index (χ1n) is 4.89. The molecule has 7 heteroatoms. The average molecular weight is 253 g/mol. The Kier molecular flexibility index (Phi) is 5.17. The van der Waals surface area contributed by atoms with E-state index in [9.17, 15) is 13.2 Å². The first-order chi connectivity index (χ1) is 7.49. The van der Waals surface area contributed by atoms with Gasteiger partial charge in [0.1, 0.15) is 5.01 Å². The lowest BCUT2D eigenvalue weighted by molar-refractivity contribution is -0.124. The standard InChI is InChI=1S/C9H14F3N3S/c1-7(8-15-4-5-16-8)14-3-2-13-6-9(10,11)12/h4-5,7,13-14H,2-3,6H2,1H3. The van der Waals surface area contributed by atoms with E-state index >= 15 is 0 Å². The molecular weight excluding hydrogens is 239 g/mol. The minimum atomic E-state index is -4.14. The van der Waals surface area contributed by atoms with Gasteiger partial charge in [-0.05, 0) is 6.92 Å². The van der Waals surface area contributed by atoms with Crippen molar-refractivity contribution >= 4 is 11.3 Å². The molecule has 0 aliphatic carbocycles. The number of hydrogen-bond acceptors (Lipinski definition) is 4. The maximum atomic E-state index is 11.8. The fraction of sp³-hybridized carbons (Fsp3) is 0.667. The minimum absolute atomic E-state index is 0.0766. The van der Waals surface area contributed by atoms with Crippen LogP contribution >= 0.6 is 11.3 Å². The number of rotatable bonds is 6. The zero-order valence-corrected chi connectivity index (χ0v) is 9.66. The highest BCUT2D eigenvalue weighted by Gasteiger charge is 2.25. The van der Waals surface area contributed by atoms with E-state index in [0.717, 1.165) is 5.01 Å². The summed E-state index contributed by atoms with van der Waals surface area (Å²) in [4.78, 5) is 4.11. The van der Waals surface area contributed by atoms with Gasteiger partial charge < -0.3 is 10.6 Å². The normalized spacial score (nSPS) is 14.0. The van der Waals surface area contributed by atoms with Gasteiger partial charge in [0, 0.05) is 24.7 Å². The predicted octanol–water partition coefficient (Wildman–Crippen LogP) is 1.95. The predicted molar refractivity (Wildman–Crippen MR) is 57.5 cm³/mol. The van der Waals surface area contributed by atoms with Gasteiger partial charge in [-0.3, -0.25) is 0 Å². The smallest absolute Gasteiger partial charge is 0.307 e. The van der Waals surface area contributed by atoms with Crippen molar-refractivity contribution in [2.75, 3.05) is 19.6 Å². The number of thiazole rings is 1. The van der Waals surface area contributed by atoms with Crippen molar-refractivity contribution in [3.8, 4) is 0 Å². The molecule has 1 atom stereocenters. The molecule has 1 heterocycles. The summed E-state index contributed by atoms with van der Waals surface area (Å²) in [6.45, 7) is 1.76. The third-order valence-electron chi connectivity index (χ3n) is 1.90. The van der Waals surface area contributed by atoms with E-state index in [2.05, 4.69) is 15.6 Å². The molecule has 1 aromatic heterocycles. The molecule has 0 saturated heterocycles. The van der Waals surface area contributed by atoms with E-state index in [1.807, 2.05) is 12.3 Å². The molecule has 0 bridgehead atoms.